The molecule has 22 heavy (non-hydrogen) atoms. The highest BCUT2D eigenvalue weighted by atomic mass is 19.1. The van der Waals surface area contributed by atoms with Gasteiger partial charge in [-0.15, -0.1) is 0 Å². The molecule has 0 radical (unpaired) electrons. The van der Waals surface area contributed by atoms with Crippen LogP contribution in [0.1, 0.15) is 38.2 Å². The number of rotatable bonds is 8. The maximum absolute atomic E-state index is 13.8. The van der Waals surface area contributed by atoms with Crippen LogP contribution < -0.4 is 0 Å². The molecule has 0 amide bonds. The minimum atomic E-state index is -0.571. The first-order valence-corrected chi connectivity index (χ1v) is 8.04. The lowest BCUT2D eigenvalue weighted by atomic mass is 10.1. The summed E-state index contributed by atoms with van der Waals surface area (Å²) in [7, 11) is 0. The first kappa shape index (κ1) is 17.3. The summed E-state index contributed by atoms with van der Waals surface area (Å²) in [5.41, 5.74) is 0.447. The fourth-order valence-electron chi connectivity index (χ4n) is 2.89. The second-order valence-corrected chi connectivity index (χ2v) is 6.01. The molecule has 5 heteroatoms. The monoisotopic (exact) mass is 313 g/mol. The molecular formula is C17H25F2NO2. The third-order valence-corrected chi connectivity index (χ3v) is 3.99. The van der Waals surface area contributed by atoms with Crippen LogP contribution in [0.25, 0.3) is 0 Å². The van der Waals surface area contributed by atoms with Crippen LogP contribution in [0.2, 0.25) is 0 Å². The van der Waals surface area contributed by atoms with Crippen LogP contribution in [-0.4, -0.2) is 41.9 Å². The molecule has 1 N–H and O–H groups in total. The lowest BCUT2D eigenvalue weighted by Crippen LogP contribution is -2.37. The van der Waals surface area contributed by atoms with Crippen molar-refractivity contribution >= 4 is 0 Å². The quantitative estimate of drug-likeness (QED) is 0.800. The Morgan fingerprint density at radius 2 is 2.23 bits per heavy atom. The summed E-state index contributed by atoms with van der Waals surface area (Å²) in [5, 5.41) is 10.0. The average Bonchev–Trinajstić information content (AvgIpc) is 2.95. The summed E-state index contributed by atoms with van der Waals surface area (Å²) in [6, 6.07) is 3.65. The van der Waals surface area contributed by atoms with Gasteiger partial charge in [0, 0.05) is 37.9 Å². The number of benzene rings is 1. The van der Waals surface area contributed by atoms with Gasteiger partial charge in [0.2, 0.25) is 0 Å². The Bertz CT molecular complexity index is 464. The summed E-state index contributed by atoms with van der Waals surface area (Å²) >= 11 is 0. The van der Waals surface area contributed by atoms with Gasteiger partial charge in [-0.05, 0) is 25.3 Å². The molecule has 2 atom stereocenters. The smallest absolute Gasteiger partial charge is 0.130 e. The van der Waals surface area contributed by atoms with Crippen LogP contribution in [0.4, 0.5) is 8.78 Å². The van der Waals surface area contributed by atoms with E-state index in [1.54, 1.807) is 0 Å². The van der Waals surface area contributed by atoms with Gasteiger partial charge >= 0.3 is 0 Å². The largest absolute Gasteiger partial charge is 0.392 e. The highest BCUT2D eigenvalue weighted by Gasteiger charge is 2.21. The third-order valence-electron chi connectivity index (χ3n) is 3.99. The van der Waals surface area contributed by atoms with E-state index in [-0.39, 0.29) is 6.10 Å². The molecular weight excluding hydrogens is 288 g/mol. The van der Waals surface area contributed by atoms with E-state index >= 15 is 0 Å². The molecule has 0 saturated carbocycles. The van der Waals surface area contributed by atoms with Crippen molar-refractivity contribution in [1.82, 2.24) is 4.90 Å². The van der Waals surface area contributed by atoms with Crippen LogP contribution in [0, 0.1) is 11.6 Å². The number of halogens is 2. The van der Waals surface area contributed by atoms with E-state index in [0.29, 0.717) is 31.6 Å². The maximum atomic E-state index is 13.8. The molecule has 1 fully saturated rings. The zero-order valence-electron chi connectivity index (χ0n) is 13.1. The van der Waals surface area contributed by atoms with Gasteiger partial charge in [0.1, 0.15) is 11.6 Å². The van der Waals surface area contributed by atoms with Crippen molar-refractivity contribution in [3.63, 3.8) is 0 Å². The molecule has 124 valence electrons. The summed E-state index contributed by atoms with van der Waals surface area (Å²) in [6.45, 7) is 4.28. The van der Waals surface area contributed by atoms with E-state index in [2.05, 4.69) is 0 Å². The molecule has 2 rings (SSSR count). The number of nitrogens with zero attached hydrogens (tertiary/aromatic N) is 1. The zero-order valence-corrected chi connectivity index (χ0v) is 13.1. The number of aliphatic hydroxyl groups excluding tert-OH is 1. The average molecular weight is 313 g/mol. The lowest BCUT2D eigenvalue weighted by Gasteiger charge is -2.27. The summed E-state index contributed by atoms with van der Waals surface area (Å²) in [5.74, 6) is -1.11. The van der Waals surface area contributed by atoms with Crippen molar-refractivity contribution < 1.29 is 18.6 Å². The van der Waals surface area contributed by atoms with E-state index in [0.717, 1.165) is 31.9 Å². The number of ether oxygens (including phenoxy) is 1. The van der Waals surface area contributed by atoms with Gasteiger partial charge in [-0.1, -0.05) is 19.4 Å². The first-order valence-electron chi connectivity index (χ1n) is 8.04. The Labute approximate surface area is 130 Å². The Hall–Kier alpha value is -1.04. The number of hydrogen-bond donors (Lipinski definition) is 1. The van der Waals surface area contributed by atoms with Gasteiger partial charge < -0.3 is 9.84 Å². The van der Waals surface area contributed by atoms with E-state index in [1.807, 2.05) is 11.8 Å². The third kappa shape index (κ3) is 5.30. The highest BCUT2D eigenvalue weighted by Crippen LogP contribution is 2.18. The summed E-state index contributed by atoms with van der Waals surface area (Å²) in [6.07, 6.45) is 3.35. The molecule has 1 aromatic carbocycles. The Morgan fingerprint density at radius 1 is 1.41 bits per heavy atom. The second-order valence-electron chi connectivity index (χ2n) is 6.01. The topological polar surface area (TPSA) is 32.7 Å². The molecule has 1 aliphatic heterocycles. The summed E-state index contributed by atoms with van der Waals surface area (Å²) < 4.78 is 32.5. The Kier molecular flexibility index (Phi) is 6.73. The van der Waals surface area contributed by atoms with Crippen LogP contribution in [-0.2, 0) is 11.3 Å². The van der Waals surface area contributed by atoms with Crippen molar-refractivity contribution in [2.24, 2.45) is 0 Å². The molecule has 3 nitrogen and oxygen atoms in total. The Morgan fingerprint density at radius 3 is 2.86 bits per heavy atom. The minimum Gasteiger partial charge on any atom is -0.392 e. The van der Waals surface area contributed by atoms with Gasteiger partial charge in [-0.3, -0.25) is 4.90 Å². The molecule has 0 spiro atoms. The standard InChI is InChI=1S/C17H25F2NO2/c1-2-4-15(21)11-20(12-16-5-3-8-22-16)10-13-6-7-14(18)9-17(13)19/h6-7,9,15-16,21H,2-5,8,10-12H2,1H3. The van der Waals surface area contributed by atoms with Crippen LogP contribution >= 0.6 is 0 Å². The van der Waals surface area contributed by atoms with E-state index < -0.39 is 17.7 Å². The van der Waals surface area contributed by atoms with Crippen molar-refractivity contribution in [2.75, 3.05) is 19.7 Å². The van der Waals surface area contributed by atoms with Crippen molar-refractivity contribution in [3.8, 4) is 0 Å². The maximum Gasteiger partial charge on any atom is 0.130 e. The predicted molar refractivity (Wildman–Crippen MR) is 81.5 cm³/mol. The second kappa shape index (κ2) is 8.56. The molecule has 0 aliphatic carbocycles. The SMILES string of the molecule is CCCC(O)CN(Cc1ccc(F)cc1F)CC1CCCO1. The van der Waals surface area contributed by atoms with Crippen molar-refractivity contribution in [2.45, 2.75) is 51.4 Å². The molecule has 1 saturated heterocycles. The van der Waals surface area contributed by atoms with Gasteiger partial charge in [0.15, 0.2) is 0 Å². The molecule has 1 heterocycles. The van der Waals surface area contributed by atoms with Gasteiger partial charge in [-0.2, -0.15) is 0 Å². The van der Waals surface area contributed by atoms with Crippen LogP contribution in [0.5, 0.6) is 0 Å². The van der Waals surface area contributed by atoms with E-state index in [1.165, 1.54) is 12.1 Å². The number of hydrogen-bond acceptors (Lipinski definition) is 3. The Balaban J connectivity index is 2.01. The molecule has 2 unspecified atom stereocenters. The fourth-order valence-corrected chi connectivity index (χ4v) is 2.89. The van der Waals surface area contributed by atoms with Crippen LogP contribution in [0.15, 0.2) is 18.2 Å². The van der Waals surface area contributed by atoms with Gasteiger partial charge in [0.25, 0.3) is 0 Å². The first-order chi connectivity index (χ1) is 10.6. The van der Waals surface area contributed by atoms with E-state index in [4.69, 9.17) is 4.74 Å². The molecule has 0 aromatic heterocycles. The summed E-state index contributed by atoms with van der Waals surface area (Å²) in [4.78, 5) is 2.01. The molecule has 1 aliphatic rings. The zero-order chi connectivity index (χ0) is 15.9. The van der Waals surface area contributed by atoms with Crippen molar-refractivity contribution in [3.05, 3.63) is 35.4 Å². The van der Waals surface area contributed by atoms with Gasteiger partial charge in [0.05, 0.1) is 12.2 Å². The highest BCUT2D eigenvalue weighted by molar-refractivity contribution is 5.18. The van der Waals surface area contributed by atoms with E-state index in [9.17, 15) is 13.9 Å². The fraction of sp³-hybridized carbons (Fsp3) is 0.647. The predicted octanol–water partition coefficient (Wildman–Crippen LogP) is 3.11. The number of aliphatic hydroxyl groups is 1. The minimum absolute atomic E-state index is 0.136. The molecule has 0 bridgehead atoms. The van der Waals surface area contributed by atoms with Crippen LogP contribution in [0.3, 0.4) is 0 Å². The molecule has 1 aromatic rings. The van der Waals surface area contributed by atoms with Gasteiger partial charge in [-0.25, -0.2) is 8.78 Å². The normalized spacial score (nSPS) is 19.8. The van der Waals surface area contributed by atoms with Crippen molar-refractivity contribution in [1.29, 1.82) is 0 Å². The lowest BCUT2D eigenvalue weighted by molar-refractivity contribution is 0.0436.